The number of fused-ring (bicyclic) bond motifs is 1. The first kappa shape index (κ1) is 12.4. The van der Waals surface area contributed by atoms with Crippen LogP contribution in [0, 0.1) is 5.82 Å². The van der Waals surface area contributed by atoms with Gasteiger partial charge in [-0.1, -0.05) is 12.1 Å². The molecule has 0 aliphatic heterocycles. The summed E-state index contributed by atoms with van der Waals surface area (Å²) in [6.45, 7) is 0. The molecule has 102 valence electrons. The summed E-state index contributed by atoms with van der Waals surface area (Å²) in [7, 11) is 1.51. The van der Waals surface area contributed by atoms with E-state index in [4.69, 9.17) is 10.5 Å². The lowest BCUT2D eigenvalue weighted by molar-refractivity contribution is 0.406. The number of ether oxygens (including phenoxy) is 1. The highest BCUT2D eigenvalue weighted by Crippen LogP contribution is 2.23. The van der Waals surface area contributed by atoms with E-state index >= 15 is 0 Å². The zero-order valence-electron chi connectivity index (χ0n) is 10.9. The highest BCUT2D eigenvalue weighted by molar-refractivity contribution is 5.48. The standard InChI is InChI=1S/C14H13FN4O/c1-20-11-8-10(15)6-5-9(11)7-14-18-17-13-4-2-3-12(16)19(13)14/h2-6,8H,7,16H2,1H3. The summed E-state index contributed by atoms with van der Waals surface area (Å²) in [6.07, 6.45) is 0.457. The SMILES string of the molecule is COc1cc(F)ccc1Cc1nnc2cccc(N)n12. The van der Waals surface area contributed by atoms with Crippen LogP contribution >= 0.6 is 0 Å². The number of hydrogen-bond acceptors (Lipinski definition) is 4. The van der Waals surface area contributed by atoms with Crippen molar-refractivity contribution in [2.75, 3.05) is 12.8 Å². The Kier molecular flexibility index (Phi) is 2.98. The van der Waals surface area contributed by atoms with Crippen molar-refractivity contribution < 1.29 is 9.13 Å². The number of nitrogens with zero attached hydrogens (tertiary/aromatic N) is 3. The number of nitrogens with two attached hydrogens (primary N) is 1. The summed E-state index contributed by atoms with van der Waals surface area (Å²) in [5, 5.41) is 8.20. The van der Waals surface area contributed by atoms with E-state index in [1.54, 1.807) is 16.5 Å². The second kappa shape index (κ2) is 4.80. The van der Waals surface area contributed by atoms with Crippen LogP contribution in [-0.4, -0.2) is 21.7 Å². The van der Waals surface area contributed by atoms with Gasteiger partial charge in [-0.2, -0.15) is 0 Å². The van der Waals surface area contributed by atoms with Gasteiger partial charge in [0.1, 0.15) is 23.2 Å². The van der Waals surface area contributed by atoms with Gasteiger partial charge in [0, 0.05) is 18.1 Å². The zero-order valence-corrected chi connectivity index (χ0v) is 10.9. The molecule has 0 spiro atoms. The Labute approximate surface area is 114 Å². The van der Waals surface area contributed by atoms with Crippen LogP contribution in [0.1, 0.15) is 11.4 Å². The molecule has 3 rings (SSSR count). The van der Waals surface area contributed by atoms with Crippen LogP contribution in [0.5, 0.6) is 5.75 Å². The molecule has 5 nitrogen and oxygen atoms in total. The maximum absolute atomic E-state index is 13.2. The molecule has 0 atom stereocenters. The monoisotopic (exact) mass is 272 g/mol. The molecular formula is C14H13FN4O. The van der Waals surface area contributed by atoms with Gasteiger partial charge in [0.15, 0.2) is 5.65 Å². The van der Waals surface area contributed by atoms with Crippen molar-refractivity contribution in [1.29, 1.82) is 0 Å². The van der Waals surface area contributed by atoms with Crippen molar-refractivity contribution in [2.24, 2.45) is 0 Å². The third kappa shape index (κ3) is 2.05. The minimum atomic E-state index is -0.337. The third-order valence-electron chi connectivity index (χ3n) is 3.12. The molecule has 2 aromatic heterocycles. The summed E-state index contributed by atoms with van der Waals surface area (Å²) in [5.41, 5.74) is 7.45. The lowest BCUT2D eigenvalue weighted by atomic mass is 10.1. The minimum absolute atomic E-state index is 0.337. The number of nitrogen functional groups attached to an aromatic ring is 1. The van der Waals surface area contributed by atoms with Gasteiger partial charge in [0.25, 0.3) is 0 Å². The van der Waals surface area contributed by atoms with E-state index in [9.17, 15) is 4.39 Å². The molecule has 2 N–H and O–H groups in total. The van der Waals surface area contributed by atoms with E-state index in [0.717, 1.165) is 5.56 Å². The maximum Gasteiger partial charge on any atom is 0.162 e. The number of hydrogen-bond donors (Lipinski definition) is 1. The first-order chi connectivity index (χ1) is 9.69. The average Bonchev–Trinajstić information content (AvgIpc) is 2.85. The van der Waals surface area contributed by atoms with E-state index in [1.165, 1.54) is 19.2 Å². The molecule has 6 heteroatoms. The van der Waals surface area contributed by atoms with Crippen LogP contribution in [0.25, 0.3) is 5.65 Å². The first-order valence-electron chi connectivity index (χ1n) is 6.10. The fourth-order valence-electron chi connectivity index (χ4n) is 2.18. The molecule has 3 aromatic rings. The van der Waals surface area contributed by atoms with Crippen molar-refractivity contribution in [1.82, 2.24) is 14.6 Å². The molecule has 0 saturated heterocycles. The fraction of sp³-hybridized carbons (Fsp3) is 0.143. The van der Waals surface area contributed by atoms with Gasteiger partial charge in [-0.15, -0.1) is 10.2 Å². The van der Waals surface area contributed by atoms with Crippen LogP contribution in [0.3, 0.4) is 0 Å². The molecule has 0 radical (unpaired) electrons. The summed E-state index contributed by atoms with van der Waals surface area (Å²) < 4.78 is 20.2. The van der Waals surface area contributed by atoms with Gasteiger partial charge < -0.3 is 10.5 Å². The summed E-state index contributed by atoms with van der Waals surface area (Å²) in [5.74, 6) is 1.39. The predicted molar refractivity (Wildman–Crippen MR) is 73.2 cm³/mol. The number of halogens is 1. The number of methoxy groups -OCH3 is 1. The summed E-state index contributed by atoms with van der Waals surface area (Å²) in [4.78, 5) is 0. The van der Waals surface area contributed by atoms with E-state index in [-0.39, 0.29) is 5.82 Å². The number of pyridine rings is 1. The van der Waals surface area contributed by atoms with E-state index in [1.807, 2.05) is 12.1 Å². The zero-order chi connectivity index (χ0) is 14.1. The molecule has 0 aliphatic rings. The van der Waals surface area contributed by atoms with Crippen molar-refractivity contribution >= 4 is 11.5 Å². The molecule has 0 saturated carbocycles. The molecule has 0 aliphatic carbocycles. The fourth-order valence-corrected chi connectivity index (χ4v) is 2.18. The van der Waals surface area contributed by atoms with Gasteiger partial charge in [-0.05, 0) is 18.2 Å². The second-order valence-corrected chi connectivity index (χ2v) is 4.39. The Hall–Kier alpha value is -2.63. The van der Waals surface area contributed by atoms with Crippen LogP contribution in [0.2, 0.25) is 0 Å². The van der Waals surface area contributed by atoms with Crippen molar-refractivity contribution in [2.45, 2.75) is 6.42 Å². The van der Waals surface area contributed by atoms with Crippen molar-refractivity contribution in [3.63, 3.8) is 0 Å². The number of benzene rings is 1. The first-order valence-corrected chi connectivity index (χ1v) is 6.10. The number of rotatable bonds is 3. The number of anilines is 1. The third-order valence-corrected chi connectivity index (χ3v) is 3.12. The highest BCUT2D eigenvalue weighted by Gasteiger charge is 2.12. The normalized spacial score (nSPS) is 10.9. The molecule has 0 fully saturated rings. The van der Waals surface area contributed by atoms with Crippen LogP contribution in [0.15, 0.2) is 36.4 Å². The van der Waals surface area contributed by atoms with Gasteiger partial charge in [-0.3, -0.25) is 4.40 Å². The highest BCUT2D eigenvalue weighted by atomic mass is 19.1. The lowest BCUT2D eigenvalue weighted by Crippen LogP contribution is -2.03. The molecule has 2 heterocycles. The van der Waals surface area contributed by atoms with E-state index in [0.29, 0.717) is 29.5 Å². The summed E-state index contributed by atoms with van der Waals surface area (Å²) >= 11 is 0. The van der Waals surface area contributed by atoms with E-state index in [2.05, 4.69) is 10.2 Å². The Morgan fingerprint density at radius 2 is 2.10 bits per heavy atom. The molecule has 0 bridgehead atoms. The van der Waals surface area contributed by atoms with Crippen molar-refractivity contribution in [3.8, 4) is 5.75 Å². The molecular weight excluding hydrogens is 259 g/mol. The smallest absolute Gasteiger partial charge is 0.162 e. The quantitative estimate of drug-likeness (QED) is 0.792. The Bertz CT molecular complexity index is 769. The van der Waals surface area contributed by atoms with Crippen molar-refractivity contribution in [3.05, 3.63) is 53.6 Å². The van der Waals surface area contributed by atoms with Crippen LogP contribution < -0.4 is 10.5 Å². The Morgan fingerprint density at radius 1 is 1.25 bits per heavy atom. The summed E-state index contributed by atoms with van der Waals surface area (Å²) in [6, 6.07) is 9.85. The Balaban J connectivity index is 2.06. The van der Waals surface area contributed by atoms with Crippen LogP contribution in [0.4, 0.5) is 10.2 Å². The van der Waals surface area contributed by atoms with Gasteiger partial charge in [0.2, 0.25) is 0 Å². The topological polar surface area (TPSA) is 65.4 Å². The average molecular weight is 272 g/mol. The molecule has 20 heavy (non-hydrogen) atoms. The van der Waals surface area contributed by atoms with Gasteiger partial charge in [0.05, 0.1) is 7.11 Å². The lowest BCUT2D eigenvalue weighted by Gasteiger charge is -2.08. The minimum Gasteiger partial charge on any atom is -0.496 e. The Morgan fingerprint density at radius 3 is 2.90 bits per heavy atom. The molecule has 0 unspecified atom stereocenters. The van der Waals surface area contributed by atoms with Gasteiger partial charge >= 0.3 is 0 Å². The van der Waals surface area contributed by atoms with Gasteiger partial charge in [-0.25, -0.2) is 4.39 Å². The molecule has 0 amide bonds. The maximum atomic E-state index is 13.2. The largest absolute Gasteiger partial charge is 0.496 e. The molecule has 1 aromatic carbocycles. The van der Waals surface area contributed by atoms with Crippen LogP contribution in [-0.2, 0) is 6.42 Å². The second-order valence-electron chi connectivity index (χ2n) is 4.39. The predicted octanol–water partition coefficient (Wildman–Crippen LogP) is 2.05. The number of aromatic nitrogens is 3. The van der Waals surface area contributed by atoms with E-state index < -0.39 is 0 Å².